The summed E-state index contributed by atoms with van der Waals surface area (Å²) in [7, 11) is 1.68. The normalized spacial score (nSPS) is 22.2. The Morgan fingerprint density at radius 3 is 3.12 bits per heavy atom. The third-order valence-electron chi connectivity index (χ3n) is 3.08. The van der Waals surface area contributed by atoms with Crippen LogP contribution >= 0.6 is 0 Å². The largest absolute Gasteiger partial charge is 0.387 e. The number of rotatable bonds is 4. The molecule has 2 unspecified atom stereocenters. The van der Waals surface area contributed by atoms with Gasteiger partial charge in [0.05, 0.1) is 12.7 Å². The highest BCUT2D eigenvalue weighted by molar-refractivity contribution is 5.26. The Balaban J connectivity index is 2.09. The molecule has 88 valence electrons. The zero-order valence-corrected chi connectivity index (χ0v) is 9.65. The minimum absolute atomic E-state index is 0.206. The number of benzene rings is 1. The van der Waals surface area contributed by atoms with Gasteiger partial charge in [-0.05, 0) is 30.5 Å². The first kappa shape index (κ1) is 11.6. The van der Waals surface area contributed by atoms with Crippen LogP contribution in [-0.2, 0) is 11.3 Å². The van der Waals surface area contributed by atoms with Gasteiger partial charge in [0.1, 0.15) is 0 Å². The van der Waals surface area contributed by atoms with Crippen molar-refractivity contribution in [3.63, 3.8) is 0 Å². The highest BCUT2D eigenvalue weighted by atomic mass is 16.5. The maximum atomic E-state index is 10.2. The Morgan fingerprint density at radius 2 is 2.44 bits per heavy atom. The number of hydrogen-bond acceptors (Lipinski definition) is 3. The van der Waals surface area contributed by atoms with E-state index in [1.165, 1.54) is 0 Å². The van der Waals surface area contributed by atoms with Crippen LogP contribution in [0.5, 0.6) is 0 Å². The molecule has 3 nitrogen and oxygen atoms in total. The van der Waals surface area contributed by atoms with Gasteiger partial charge in [-0.25, -0.2) is 0 Å². The van der Waals surface area contributed by atoms with Crippen LogP contribution in [0.2, 0.25) is 0 Å². The van der Waals surface area contributed by atoms with E-state index in [0.29, 0.717) is 6.61 Å². The fourth-order valence-corrected chi connectivity index (χ4v) is 2.25. The number of aliphatic hydroxyl groups is 1. The summed E-state index contributed by atoms with van der Waals surface area (Å²) in [4.78, 5) is 0. The lowest BCUT2D eigenvalue weighted by Gasteiger charge is -2.19. The molecule has 1 fully saturated rings. The van der Waals surface area contributed by atoms with E-state index >= 15 is 0 Å². The van der Waals surface area contributed by atoms with Crippen molar-refractivity contribution in [3.05, 3.63) is 35.4 Å². The van der Waals surface area contributed by atoms with E-state index in [4.69, 9.17) is 4.74 Å². The number of aliphatic hydroxyl groups excluding tert-OH is 1. The molecule has 0 aromatic heterocycles. The van der Waals surface area contributed by atoms with Crippen molar-refractivity contribution >= 4 is 0 Å². The molecule has 1 aromatic rings. The summed E-state index contributed by atoms with van der Waals surface area (Å²) in [5, 5.41) is 13.5. The second-order valence-electron chi connectivity index (χ2n) is 4.33. The van der Waals surface area contributed by atoms with Crippen LogP contribution in [0.1, 0.15) is 30.1 Å². The number of methoxy groups -OCH3 is 1. The van der Waals surface area contributed by atoms with E-state index < -0.39 is 6.10 Å². The van der Waals surface area contributed by atoms with Gasteiger partial charge >= 0.3 is 0 Å². The zero-order chi connectivity index (χ0) is 11.4. The molecule has 3 heteroatoms. The monoisotopic (exact) mass is 221 g/mol. The summed E-state index contributed by atoms with van der Waals surface area (Å²) in [5.74, 6) is 0. The summed E-state index contributed by atoms with van der Waals surface area (Å²) < 4.78 is 5.09. The van der Waals surface area contributed by atoms with Gasteiger partial charge in [-0.1, -0.05) is 24.3 Å². The highest BCUT2D eigenvalue weighted by Crippen LogP contribution is 2.23. The van der Waals surface area contributed by atoms with E-state index in [0.717, 1.165) is 30.5 Å². The fourth-order valence-electron chi connectivity index (χ4n) is 2.25. The molecule has 2 atom stereocenters. The Bertz CT molecular complexity index is 334. The average molecular weight is 221 g/mol. The number of hydrogen-bond donors (Lipinski definition) is 2. The summed E-state index contributed by atoms with van der Waals surface area (Å²) >= 11 is 0. The lowest BCUT2D eigenvalue weighted by molar-refractivity contribution is 0.137. The van der Waals surface area contributed by atoms with Crippen LogP contribution in [0.3, 0.4) is 0 Å². The minimum Gasteiger partial charge on any atom is -0.387 e. The van der Waals surface area contributed by atoms with Gasteiger partial charge < -0.3 is 15.2 Å². The molecule has 0 saturated carbocycles. The van der Waals surface area contributed by atoms with Gasteiger partial charge in [-0.3, -0.25) is 0 Å². The molecular formula is C13H19NO2. The molecular weight excluding hydrogens is 202 g/mol. The lowest BCUT2D eigenvalue weighted by atomic mass is 9.99. The predicted molar refractivity (Wildman–Crippen MR) is 63.1 cm³/mol. The van der Waals surface area contributed by atoms with Crippen LogP contribution in [0.15, 0.2) is 24.3 Å². The van der Waals surface area contributed by atoms with Gasteiger partial charge in [-0.15, -0.1) is 0 Å². The third-order valence-corrected chi connectivity index (χ3v) is 3.08. The van der Waals surface area contributed by atoms with Crippen LogP contribution < -0.4 is 5.32 Å². The summed E-state index contributed by atoms with van der Waals surface area (Å²) in [6.45, 7) is 1.61. The third kappa shape index (κ3) is 2.61. The molecule has 0 radical (unpaired) electrons. The molecule has 0 bridgehead atoms. The minimum atomic E-state index is -0.403. The van der Waals surface area contributed by atoms with Crippen LogP contribution in [0.4, 0.5) is 0 Å². The van der Waals surface area contributed by atoms with Crippen molar-refractivity contribution < 1.29 is 9.84 Å². The molecule has 1 heterocycles. The smallest absolute Gasteiger partial charge is 0.0943 e. The second kappa shape index (κ2) is 5.43. The van der Waals surface area contributed by atoms with Crippen LogP contribution in [0, 0.1) is 0 Å². The molecule has 1 saturated heterocycles. The van der Waals surface area contributed by atoms with E-state index in [2.05, 4.69) is 5.32 Å². The van der Waals surface area contributed by atoms with Gasteiger partial charge in [0.15, 0.2) is 0 Å². The van der Waals surface area contributed by atoms with Crippen molar-refractivity contribution in [2.75, 3.05) is 13.7 Å². The molecule has 0 amide bonds. The first-order chi connectivity index (χ1) is 7.81. The van der Waals surface area contributed by atoms with E-state index in [1.54, 1.807) is 7.11 Å². The summed E-state index contributed by atoms with van der Waals surface area (Å²) in [6.07, 6.45) is 1.80. The molecule has 1 aliphatic heterocycles. The topological polar surface area (TPSA) is 41.5 Å². The molecule has 2 rings (SSSR count). The zero-order valence-electron chi connectivity index (χ0n) is 9.65. The van der Waals surface area contributed by atoms with E-state index in [9.17, 15) is 5.11 Å². The van der Waals surface area contributed by atoms with Gasteiger partial charge in [-0.2, -0.15) is 0 Å². The fraction of sp³-hybridized carbons (Fsp3) is 0.538. The van der Waals surface area contributed by atoms with Gasteiger partial charge in [0.25, 0.3) is 0 Å². The van der Waals surface area contributed by atoms with E-state index in [-0.39, 0.29) is 6.04 Å². The quantitative estimate of drug-likeness (QED) is 0.811. The SMILES string of the molecule is COCc1cccc(C(O)C2CCCN2)c1. The second-order valence-corrected chi connectivity index (χ2v) is 4.33. The van der Waals surface area contributed by atoms with Crippen LogP contribution in [0.25, 0.3) is 0 Å². The van der Waals surface area contributed by atoms with Crippen molar-refractivity contribution in [1.29, 1.82) is 0 Å². The molecule has 1 aliphatic rings. The Kier molecular flexibility index (Phi) is 3.93. The van der Waals surface area contributed by atoms with Crippen LogP contribution in [-0.4, -0.2) is 24.8 Å². The molecule has 0 aliphatic carbocycles. The first-order valence-electron chi connectivity index (χ1n) is 5.80. The molecule has 0 spiro atoms. The van der Waals surface area contributed by atoms with Crippen molar-refractivity contribution in [1.82, 2.24) is 5.32 Å². The molecule has 2 N–H and O–H groups in total. The maximum Gasteiger partial charge on any atom is 0.0943 e. The lowest BCUT2D eigenvalue weighted by Crippen LogP contribution is -2.28. The van der Waals surface area contributed by atoms with Crippen molar-refractivity contribution in [3.8, 4) is 0 Å². The van der Waals surface area contributed by atoms with Gasteiger partial charge in [0.2, 0.25) is 0 Å². The van der Waals surface area contributed by atoms with Crippen molar-refractivity contribution in [2.45, 2.75) is 31.6 Å². The Labute approximate surface area is 96.4 Å². The standard InChI is InChI=1S/C13H19NO2/c1-16-9-10-4-2-5-11(8-10)13(15)12-6-3-7-14-12/h2,4-5,8,12-15H,3,6-7,9H2,1H3. The maximum absolute atomic E-state index is 10.2. The number of nitrogens with one attached hydrogen (secondary N) is 1. The molecule has 16 heavy (non-hydrogen) atoms. The predicted octanol–water partition coefficient (Wildman–Crippen LogP) is 1.62. The summed E-state index contributed by atoms with van der Waals surface area (Å²) in [5.41, 5.74) is 2.09. The summed E-state index contributed by atoms with van der Waals surface area (Å²) in [6, 6.07) is 8.19. The average Bonchev–Trinajstić information content (AvgIpc) is 2.82. The highest BCUT2D eigenvalue weighted by Gasteiger charge is 2.23. The van der Waals surface area contributed by atoms with E-state index in [1.807, 2.05) is 24.3 Å². The number of ether oxygens (including phenoxy) is 1. The molecule has 1 aromatic carbocycles. The Hall–Kier alpha value is -0.900. The first-order valence-corrected chi connectivity index (χ1v) is 5.80. The Morgan fingerprint density at radius 1 is 1.56 bits per heavy atom. The van der Waals surface area contributed by atoms with Crippen molar-refractivity contribution in [2.24, 2.45) is 0 Å². The van der Waals surface area contributed by atoms with Gasteiger partial charge in [0, 0.05) is 13.2 Å².